The number of carboxylic acids is 1. The largest absolute Gasteiger partial charge is 0.478 e. The second kappa shape index (κ2) is 4.55. The Balaban J connectivity index is 2.73. The fourth-order valence-corrected chi connectivity index (χ4v) is 0.830. The lowest BCUT2D eigenvalue weighted by Crippen LogP contribution is -1.90. The Kier molecular flexibility index (Phi) is 3.39. The topological polar surface area (TPSA) is 76.2 Å². The monoisotopic (exact) mass is 196 g/mol. The molecule has 0 fully saturated rings. The van der Waals surface area contributed by atoms with Crippen molar-refractivity contribution in [3.63, 3.8) is 0 Å². The van der Waals surface area contributed by atoms with Crippen LogP contribution in [-0.2, 0) is 4.79 Å². The highest BCUT2D eigenvalue weighted by molar-refractivity contribution is 5.84. The highest BCUT2D eigenvalue weighted by atomic mass is 16.4. The minimum Gasteiger partial charge on any atom is -0.478 e. The third-order valence-electron chi connectivity index (χ3n) is 1.86. The fourth-order valence-electron chi connectivity index (χ4n) is 0.830. The van der Waals surface area contributed by atoms with Crippen molar-refractivity contribution in [1.82, 2.24) is 10.2 Å². The predicted octanol–water partition coefficient (Wildman–Crippen LogP) is 1.68. The van der Waals surface area contributed by atoms with E-state index in [0.717, 1.165) is 12.5 Å². The number of aromatic nitrogens is 2. The normalized spacial score (nSPS) is 13.3. The molecule has 5 heteroatoms. The van der Waals surface area contributed by atoms with Gasteiger partial charge in [0.2, 0.25) is 11.8 Å². The van der Waals surface area contributed by atoms with Crippen LogP contribution >= 0.6 is 0 Å². The molecule has 0 aliphatic rings. The van der Waals surface area contributed by atoms with Gasteiger partial charge >= 0.3 is 5.97 Å². The van der Waals surface area contributed by atoms with Gasteiger partial charge < -0.3 is 9.52 Å². The molecule has 0 amide bonds. The molecule has 5 nitrogen and oxygen atoms in total. The molecule has 14 heavy (non-hydrogen) atoms. The van der Waals surface area contributed by atoms with E-state index in [9.17, 15) is 4.79 Å². The molecule has 0 saturated carbocycles. The van der Waals surface area contributed by atoms with E-state index in [1.165, 1.54) is 6.08 Å². The highest BCUT2D eigenvalue weighted by Crippen LogP contribution is 2.16. The molecule has 0 saturated heterocycles. The lowest BCUT2D eigenvalue weighted by atomic mass is 10.1. The first-order valence-corrected chi connectivity index (χ1v) is 4.38. The molecule has 0 aliphatic carbocycles. The highest BCUT2D eigenvalue weighted by Gasteiger charge is 2.10. The summed E-state index contributed by atoms with van der Waals surface area (Å²) in [6.45, 7) is 3.99. The van der Waals surface area contributed by atoms with Gasteiger partial charge in [0.1, 0.15) is 0 Å². The predicted molar refractivity (Wildman–Crippen MR) is 49.7 cm³/mol. The van der Waals surface area contributed by atoms with Crippen LogP contribution in [0.4, 0.5) is 0 Å². The van der Waals surface area contributed by atoms with Crippen LogP contribution in [0.25, 0.3) is 6.08 Å². The molecule has 76 valence electrons. The van der Waals surface area contributed by atoms with Gasteiger partial charge in [0, 0.05) is 18.1 Å². The molecule has 1 unspecified atom stereocenters. The summed E-state index contributed by atoms with van der Waals surface area (Å²) in [5.74, 6) is -0.0667. The van der Waals surface area contributed by atoms with E-state index in [0.29, 0.717) is 5.89 Å². The summed E-state index contributed by atoms with van der Waals surface area (Å²) < 4.78 is 5.21. The van der Waals surface area contributed by atoms with Crippen LogP contribution in [0.2, 0.25) is 0 Å². The van der Waals surface area contributed by atoms with Crippen molar-refractivity contribution in [2.24, 2.45) is 0 Å². The zero-order valence-electron chi connectivity index (χ0n) is 8.10. The lowest BCUT2D eigenvalue weighted by molar-refractivity contribution is -0.131. The van der Waals surface area contributed by atoms with Gasteiger partial charge in [-0.3, -0.25) is 0 Å². The molecule has 1 aromatic heterocycles. The average Bonchev–Trinajstić information content (AvgIpc) is 2.62. The van der Waals surface area contributed by atoms with E-state index in [1.807, 2.05) is 13.8 Å². The van der Waals surface area contributed by atoms with E-state index in [1.54, 1.807) is 0 Å². The van der Waals surface area contributed by atoms with Gasteiger partial charge in [-0.25, -0.2) is 4.79 Å². The van der Waals surface area contributed by atoms with Gasteiger partial charge in [0.25, 0.3) is 0 Å². The number of carbonyl (C=O) groups is 1. The van der Waals surface area contributed by atoms with Crippen molar-refractivity contribution < 1.29 is 14.3 Å². The standard InChI is InChI=1S/C9H12N2O3/c1-3-6(2)9-11-10-7(14-9)4-5-8(12)13/h4-6H,3H2,1-2H3,(H,12,13)/b5-4+. The molecular weight excluding hydrogens is 184 g/mol. The summed E-state index contributed by atoms with van der Waals surface area (Å²) in [5, 5.41) is 15.9. The molecule has 0 bridgehead atoms. The SMILES string of the molecule is CCC(C)c1nnc(/C=C/C(=O)O)o1. The minimum atomic E-state index is -1.03. The van der Waals surface area contributed by atoms with Crippen LogP contribution < -0.4 is 0 Å². The van der Waals surface area contributed by atoms with Crippen LogP contribution in [0.3, 0.4) is 0 Å². The molecule has 1 aromatic rings. The smallest absolute Gasteiger partial charge is 0.328 e. The Morgan fingerprint density at radius 1 is 1.64 bits per heavy atom. The van der Waals surface area contributed by atoms with Gasteiger partial charge in [-0.05, 0) is 6.42 Å². The van der Waals surface area contributed by atoms with Crippen molar-refractivity contribution in [1.29, 1.82) is 0 Å². The third-order valence-corrected chi connectivity index (χ3v) is 1.86. The van der Waals surface area contributed by atoms with Crippen LogP contribution in [0.15, 0.2) is 10.5 Å². The van der Waals surface area contributed by atoms with E-state index >= 15 is 0 Å². The van der Waals surface area contributed by atoms with E-state index in [-0.39, 0.29) is 11.8 Å². The number of hydrogen-bond donors (Lipinski definition) is 1. The summed E-state index contributed by atoms with van der Waals surface area (Å²) in [6, 6.07) is 0. The average molecular weight is 196 g/mol. The summed E-state index contributed by atoms with van der Waals surface area (Å²) in [6.07, 6.45) is 3.15. The summed E-state index contributed by atoms with van der Waals surface area (Å²) in [5.41, 5.74) is 0. The number of nitrogens with zero attached hydrogens (tertiary/aromatic N) is 2. The molecule has 0 spiro atoms. The van der Waals surface area contributed by atoms with E-state index in [2.05, 4.69) is 10.2 Å². The second-order valence-electron chi connectivity index (χ2n) is 2.96. The summed E-state index contributed by atoms with van der Waals surface area (Å²) >= 11 is 0. The Morgan fingerprint density at radius 3 is 2.93 bits per heavy atom. The molecule has 1 rings (SSSR count). The van der Waals surface area contributed by atoms with Crippen LogP contribution in [-0.4, -0.2) is 21.3 Å². The van der Waals surface area contributed by atoms with Gasteiger partial charge in [0.15, 0.2) is 0 Å². The van der Waals surface area contributed by atoms with E-state index in [4.69, 9.17) is 9.52 Å². The Morgan fingerprint density at radius 2 is 2.36 bits per heavy atom. The first-order valence-electron chi connectivity index (χ1n) is 4.38. The summed E-state index contributed by atoms with van der Waals surface area (Å²) in [7, 11) is 0. The van der Waals surface area contributed by atoms with Gasteiger partial charge in [0.05, 0.1) is 0 Å². The van der Waals surface area contributed by atoms with Crippen molar-refractivity contribution in [2.45, 2.75) is 26.2 Å². The van der Waals surface area contributed by atoms with Crippen molar-refractivity contribution in [3.8, 4) is 0 Å². The van der Waals surface area contributed by atoms with Crippen molar-refractivity contribution >= 4 is 12.0 Å². The lowest BCUT2D eigenvalue weighted by Gasteiger charge is -1.98. The van der Waals surface area contributed by atoms with Crippen molar-refractivity contribution in [2.75, 3.05) is 0 Å². The third kappa shape index (κ3) is 2.69. The first-order chi connectivity index (χ1) is 6.63. The molecule has 0 aliphatic heterocycles. The van der Waals surface area contributed by atoms with E-state index < -0.39 is 5.97 Å². The Labute approximate surface area is 81.5 Å². The van der Waals surface area contributed by atoms with Gasteiger partial charge in [-0.2, -0.15) is 0 Å². The molecule has 1 heterocycles. The maximum absolute atomic E-state index is 10.2. The first kappa shape index (κ1) is 10.4. The molecule has 1 N–H and O–H groups in total. The number of hydrogen-bond acceptors (Lipinski definition) is 4. The van der Waals surface area contributed by atoms with Crippen LogP contribution in [0.5, 0.6) is 0 Å². The van der Waals surface area contributed by atoms with Crippen LogP contribution in [0, 0.1) is 0 Å². The molecular formula is C9H12N2O3. The molecule has 1 atom stereocenters. The number of carboxylic acid groups (broad SMARTS) is 1. The van der Waals surface area contributed by atoms with Gasteiger partial charge in [-0.15, -0.1) is 10.2 Å². The number of aliphatic carboxylic acids is 1. The van der Waals surface area contributed by atoms with Gasteiger partial charge in [-0.1, -0.05) is 13.8 Å². The second-order valence-corrected chi connectivity index (χ2v) is 2.96. The zero-order valence-corrected chi connectivity index (χ0v) is 8.10. The Hall–Kier alpha value is -1.65. The fraction of sp³-hybridized carbons (Fsp3) is 0.444. The maximum atomic E-state index is 10.2. The quantitative estimate of drug-likeness (QED) is 0.741. The minimum absolute atomic E-state index is 0.203. The van der Waals surface area contributed by atoms with Crippen LogP contribution in [0.1, 0.15) is 38.0 Å². The molecule has 0 radical (unpaired) electrons. The summed E-state index contributed by atoms with van der Waals surface area (Å²) in [4.78, 5) is 10.2. The van der Waals surface area contributed by atoms with Crippen molar-refractivity contribution in [3.05, 3.63) is 17.9 Å². The zero-order chi connectivity index (χ0) is 10.6. The Bertz CT molecular complexity index is 344. The maximum Gasteiger partial charge on any atom is 0.328 e. The number of rotatable bonds is 4. The molecule has 0 aromatic carbocycles.